The Bertz CT molecular complexity index is 454. The summed E-state index contributed by atoms with van der Waals surface area (Å²) in [7, 11) is 0. The van der Waals surface area contributed by atoms with Crippen LogP contribution in [0.5, 0.6) is 0 Å². The third-order valence-electron chi connectivity index (χ3n) is 2.21. The first-order valence-electron chi connectivity index (χ1n) is 4.45. The molecule has 2 nitrogen and oxygen atoms in total. The number of halogens is 2. The second-order valence-electron chi connectivity index (χ2n) is 3.19. The van der Waals surface area contributed by atoms with Gasteiger partial charge < -0.3 is 10.1 Å². The van der Waals surface area contributed by atoms with Crippen LogP contribution >= 0.6 is 0 Å². The van der Waals surface area contributed by atoms with Crippen molar-refractivity contribution in [2.45, 2.75) is 6.10 Å². The van der Waals surface area contributed by atoms with Gasteiger partial charge in [-0.15, -0.1) is 0 Å². The quantitative estimate of drug-likeness (QED) is 0.782. The van der Waals surface area contributed by atoms with Crippen molar-refractivity contribution in [2.24, 2.45) is 0 Å². The fourth-order valence-electron chi connectivity index (χ4n) is 1.42. The van der Waals surface area contributed by atoms with Crippen LogP contribution in [0.3, 0.4) is 0 Å². The predicted molar refractivity (Wildman–Crippen MR) is 51.2 cm³/mol. The van der Waals surface area contributed by atoms with E-state index in [0.29, 0.717) is 5.56 Å². The minimum atomic E-state index is -1.15. The molecule has 2 N–H and O–H groups in total. The summed E-state index contributed by atoms with van der Waals surface area (Å²) >= 11 is 0. The largest absolute Gasteiger partial charge is 0.383 e. The van der Waals surface area contributed by atoms with Crippen LogP contribution in [0, 0.1) is 11.6 Å². The molecule has 0 aliphatic carbocycles. The number of aromatic amines is 1. The van der Waals surface area contributed by atoms with Crippen LogP contribution in [0.15, 0.2) is 36.7 Å². The lowest BCUT2D eigenvalue weighted by molar-refractivity contribution is 0.213. The first-order chi connectivity index (χ1) is 7.20. The minimum absolute atomic E-state index is 0.0606. The third-order valence-corrected chi connectivity index (χ3v) is 2.21. The number of aliphatic hydroxyl groups is 1. The number of hydrogen-bond acceptors (Lipinski definition) is 1. The Labute approximate surface area is 85.2 Å². The smallest absolute Gasteiger partial charge is 0.164 e. The molecule has 1 unspecified atom stereocenters. The summed E-state index contributed by atoms with van der Waals surface area (Å²) in [5.74, 6) is -1.96. The molecule has 0 saturated carbocycles. The SMILES string of the molecule is OC(c1cc[nH]c1)c1cccc(F)c1F. The second-order valence-corrected chi connectivity index (χ2v) is 3.19. The molecule has 1 aromatic carbocycles. The number of nitrogens with one attached hydrogen (secondary N) is 1. The van der Waals surface area contributed by atoms with Crippen molar-refractivity contribution in [1.82, 2.24) is 4.98 Å². The zero-order valence-electron chi connectivity index (χ0n) is 7.74. The highest BCUT2D eigenvalue weighted by molar-refractivity contribution is 5.29. The number of aliphatic hydroxyl groups excluding tert-OH is 1. The monoisotopic (exact) mass is 209 g/mol. The summed E-state index contributed by atoms with van der Waals surface area (Å²) in [5.41, 5.74) is 0.439. The molecule has 0 saturated heterocycles. The normalized spacial score (nSPS) is 12.7. The highest BCUT2D eigenvalue weighted by Gasteiger charge is 2.17. The van der Waals surface area contributed by atoms with Crippen molar-refractivity contribution in [1.29, 1.82) is 0 Å². The van der Waals surface area contributed by atoms with Gasteiger partial charge in [-0.3, -0.25) is 0 Å². The van der Waals surface area contributed by atoms with Crippen molar-refractivity contribution in [3.05, 3.63) is 59.4 Å². The average Bonchev–Trinajstić information content (AvgIpc) is 2.74. The van der Waals surface area contributed by atoms with E-state index in [1.807, 2.05) is 0 Å². The van der Waals surface area contributed by atoms with E-state index in [2.05, 4.69) is 4.98 Å². The van der Waals surface area contributed by atoms with Crippen LogP contribution < -0.4 is 0 Å². The Balaban J connectivity index is 2.42. The standard InChI is InChI=1S/C11H9F2NO/c12-9-3-1-2-8(10(9)13)11(15)7-4-5-14-6-7/h1-6,11,14-15H. The number of benzene rings is 1. The molecule has 2 rings (SSSR count). The summed E-state index contributed by atoms with van der Waals surface area (Å²) in [4.78, 5) is 2.74. The molecule has 0 aliphatic rings. The van der Waals surface area contributed by atoms with Gasteiger partial charge in [0.1, 0.15) is 6.10 Å². The molecule has 0 bridgehead atoms. The molecule has 0 amide bonds. The fraction of sp³-hybridized carbons (Fsp3) is 0.0909. The van der Waals surface area contributed by atoms with E-state index in [4.69, 9.17) is 0 Å². The number of hydrogen-bond donors (Lipinski definition) is 2. The zero-order valence-corrected chi connectivity index (χ0v) is 7.74. The van der Waals surface area contributed by atoms with Gasteiger partial charge in [0.2, 0.25) is 0 Å². The van der Waals surface area contributed by atoms with Gasteiger partial charge in [0, 0.05) is 23.5 Å². The molecule has 1 heterocycles. The Morgan fingerprint density at radius 3 is 2.67 bits per heavy atom. The summed E-state index contributed by atoms with van der Waals surface area (Å²) < 4.78 is 26.2. The molecule has 0 radical (unpaired) electrons. The Morgan fingerprint density at radius 2 is 2.00 bits per heavy atom. The Morgan fingerprint density at radius 1 is 1.20 bits per heavy atom. The van der Waals surface area contributed by atoms with Crippen LogP contribution in [-0.4, -0.2) is 10.1 Å². The molecule has 0 aliphatic heterocycles. The topological polar surface area (TPSA) is 36.0 Å². The molecular weight excluding hydrogens is 200 g/mol. The highest BCUT2D eigenvalue weighted by atomic mass is 19.2. The van der Waals surface area contributed by atoms with Crippen LogP contribution in [0.4, 0.5) is 8.78 Å². The zero-order chi connectivity index (χ0) is 10.8. The minimum Gasteiger partial charge on any atom is -0.383 e. The molecule has 1 aromatic heterocycles. The lowest BCUT2D eigenvalue weighted by Gasteiger charge is -2.10. The molecule has 78 valence electrons. The highest BCUT2D eigenvalue weighted by Crippen LogP contribution is 2.24. The van der Waals surface area contributed by atoms with Gasteiger partial charge in [-0.25, -0.2) is 8.78 Å². The van der Waals surface area contributed by atoms with Crippen molar-refractivity contribution in [3.63, 3.8) is 0 Å². The summed E-state index contributed by atoms with van der Waals surface area (Å²) in [6, 6.07) is 5.34. The molecule has 0 spiro atoms. The maximum absolute atomic E-state index is 13.3. The van der Waals surface area contributed by atoms with Crippen LogP contribution in [0.25, 0.3) is 0 Å². The lowest BCUT2D eigenvalue weighted by Crippen LogP contribution is -2.03. The molecule has 1 atom stereocenters. The van der Waals surface area contributed by atoms with Gasteiger partial charge in [0.25, 0.3) is 0 Å². The summed E-state index contributed by atoms with van der Waals surface area (Å²) in [5, 5.41) is 9.76. The van der Waals surface area contributed by atoms with E-state index in [1.165, 1.54) is 18.3 Å². The van der Waals surface area contributed by atoms with E-state index in [-0.39, 0.29) is 5.56 Å². The van der Waals surface area contributed by atoms with Gasteiger partial charge >= 0.3 is 0 Å². The average molecular weight is 209 g/mol. The van der Waals surface area contributed by atoms with Gasteiger partial charge in [-0.1, -0.05) is 12.1 Å². The van der Waals surface area contributed by atoms with Crippen LogP contribution in [0.1, 0.15) is 17.2 Å². The van der Waals surface area contributed by atoms with Gasteiger partial charge in [0.05, 0.1) is 0 Å². The van der Waals surface area contributed by atoms with Crippen molar-refractivity contribution >= 4 is 0 Å². The van der Waals surface area contributed by atoms with Gasteiger partial charge in [-0.2, -0.15) is 0 Å². The van der Waals surface area contributed by atoms with E-state index >= 15 is 0 Å². The maximum atomic E-state index is 13.3. The molecule has 4 heteroatoms. The van der Waals surface area contributed by atoms with E-state index in [1.54, 1.807) is 12.3 Å². The predicted octanol–water partition coefficient (Wildman–Crippen LogP) is 2.37. The van der Waals surface area contributed by atoms with Crippen molar-refractivity contribution in [3.8, 4) is 0 Å². The Kier molecular flexibility index (Phi) is 2.51. The fourth-order valence-corrected chi connectivity index (χ4v) is 1.42. The van der Waals surface area contributed by atoms with E-state index < -0.39 is 17.7 Å². The summed E-state index contributed by atoms with van der Waals surface area (Å²) in [6.07, 6.45) is 2.00. The van der Waals surface area contributed by atoms with E-state index in [0.717, 1.165) is 6.07 Å². The number of rotatable bonds is 2. The lowest BCUT2D eigenvalue weighted by atomic mass is 10.0. The Hall–Kier alpha value is -1.68. The first-order valence-corrected chi connectivity index (χ1v) is 4.45. The van der Waals surface area contributed by atoms with Gasteiger partial charge in [-0.05, 0) is 12.1 Å². The molecule has 0 fully saturated rings. The molecular formula is C11H9F2NO. The number of aromatic nitrogens is 1. The summed E-state index contributed by atoms with van der Waals surface area (Å²) in [6.45, 7) is 0. The third kappa shape index (κ3) is 1.76. The van der Waals surface area contributed by atoms with E-state index in [9.17, 15) is 13.9 Å². The van der Waals surface area contributed by atoms with Crippen molar-refractivity contribution < 1.29 is 13.9 Å². The first kappa shape index (κ1) is 9.86. The second kappa shape index (κ2) is 3.82. The molecule has 15 heavy (non-hydrogen) atoms. The van der Waals surface area contributed by atoms with Gasteiger partial charge in [0.15, 0.2) is 11.6 Å². The number of H-pyrrole nitrogens is 1. The van der Waals surface area contributed by atoms with Crippen molar-refractivity contribution in [2.75, 3.05) is 0 Å². The van der Waals surface area contributed by atoms with Crippen LogP contribution in [0.2, 0.25) is 0 Å². The maximum Gasteiger partial charge on any atom is 0.164 e. The van der Waals surface area contributed by atoms with Crippen LogP contribution in [-0.2, 0) is 0 Å². The molecule has 2 aromatic rings.